The molecule has 4 atom stereocenters. The first-order chi connectivity index (χ1) is 12.9. The monoisotopic (exact) mass is 366 g/mol. The molecule has 0 unspecified atom stereocenters. The molecule has 0 radical (unpaired) electrons. The number of ether oxygens (including phenoxy) is 1. The van der Waals surface area contributed by atoms with Gasteiger partial charge in [0, 0.05) is 12.0 Å². The quantitative estimate of drug-likeness (QED) is 0.408. The number of aldehydes is 1. The van der Waals surface area contributed by atoms with Gasteiger partial charge in [0.25, 0.3) is 0 Å². The fourth-order valence-electron chi connectivity index (χ4n) is 4.92. The van der Waals surface area contributed by atoms with E-state index in [4.69, 9.17) is 4.74 Å². The van der Waals surface area contributed by atoms with Gasteiger partial charge in [0.05, 0.1) is 0 Å². The molecule has 2 aliphatic carbocycles. The fraction of sp³-hybridized carbons (Fsp3) is 0.500. The molecule has 3 heteroatoms. The SMILES string of the molecule is CC(C)[C@@H]1CC[C@@]2(C)CCC=C(C=O)[C@@H]2[C@@H]1OC(=O)C=Cc1ccccc1. The number of carbonyl (C=O) groups is 2. The molecule has 1 saturated carbocycles. The molecule has 0 spiro atoms. The first-order valence-electron chi connectivity index (χ1n) is 10.0. The number of hydrogen-bond acceptors (Lipinski definition) is 3. The van der Waals surface area contributed by atoms with Crippen molar-refractivity contribution in [2.75, 3.05) is 0 Å². The van der Waals surface area contributed by atoms with Crippen LogP contribution in [0.5, 0.6) is 0 Å². The molecule has 0 aliphatic heterocycles. The second kappa shape index (κ2) is 8.24. The maximum atomic E-state index is 12.6. The summed E-state index contributed by atoms with van der Waals surface area (Å²) in [5.74, 6) is 0.354. The number of esters is 1. The van der Waals surface area contributed by atoms with E-state index in [1.165, 1.54) is 6.08 Å². The van der Waals surface area contributed by atoms with Crippen LogP contribution in [0.25, 0.3) is 6.08 Å². The van der Waals surface area contributed by atoms with Gasteiger partial charge in [-0.1, -0.05) is 57.2 Å². The number of carbonyl (C=O) groups excluding carboxylic acids is 2. The minimum absolute atomic E-state index is 0.000949. The molecule has 0 N–H and O–H groups in total. The molecule has 27 heavy (non-hydrogen) atoms. The van der Waals surface area contributed by atoms with E-state index in [1.54, 1.807) is 6.08 Å². The fourth-order valence-corrected chi connectivity index (χ4v) is 4.92. The molecule has 1 aromatic rings. The van der Waals surface area contributed by atoms with E-state index in [9.17, 15) is 9.59 Å². The van der Waals surface area contributed by atoms with Crippen LogP contribution in [0.1, 0.15) is 52.0 Å². The van der Waals surface area contributed by atoms with E-state index in [0.717, 1.165) is 43.1 Å². The largest absolute Gasteiger partial charge is 0.458 e. The van der Waals surface area contributed by atoms with Gasteiger partial charge in [-0.25, -0.2) is 4.79 Å². The van der Waals surface area contributed by atoms with Crippen LogP contribution in [0.4, 0.5) is 0 Å². The highest BCUT2D eigenvalue weighted by Gasteiger charge is 2.51. The predicted octanol–water partition coefficient (Wildman–Crippen LogP) is 5.22. The Kier molecular flexibility index (Phi) is 5.98. The van der Waals surface area contributed by atoms with Crippen LogP contribution < -0.4 is 0 Å². The average molecular weight is 367 g/mol. The van der Waals surface area contributed by atoms with Gasteiger partial charge in [-0.05, 0) is 60.1 Å². The van der Waals surface area contributed by atoms with Crippen molar-refractivity contribution >= 4 is 18.3 Å². The Hall–Kier alpha value is -2.16. The Morgan fingerprint density at radius 1 is 1.22 bits per heavy atom. The second-order valence-electron chi connectivity index (χ2n) is 8.58. The molecule has 1 aromatic carbocycles. The number of rotatable bonds is 5. The maximum absolute atomic E-state index is 12.6. The highest BCUT2D eigenvalue weighted by atomic mass is 16.5. The number of benzene rings is 1. The maximum Gasteiger partial charge on any atom is 0.331 e. The zero-order chi connectivity index (χ0) is 19.4. The van der Waals surface area contributed by atoms with E-state index in [0.29, 0.717) is 5.92 Å². The Bertz CT molecular complexity index is 731. The molecule has 0 aromatic heterocycles. The molecule has 2 aliphatic rings. The molecular formula is C24H30O3. The lowest BCUT2D eigenvalue weighted by Crippen LogP contribution is -2.50. The Labute approximate surface area is 162 Å². The zero-order valence-electron chi connectivity index (χ0n) is 16.6. The van der Waals surface area contributed by atoms with Crippen molar-refractivity contribution in [1.29, 1.82) is 0 Å². The van der Waals surface area contributed by atoms with E-state index in [-0.39, 0.29) is 29.3 Å². The summed E-state index contributed by atoms with van der Waals surface area (Å²) in [7, 11) is 0. The van der Waals surface area contributed by atoms with Crippen molar-refractivity contribution in [2.24, 2.45) is 23.2 Å². The van der Waals surface area contributed by atoms with Gasteiger partial charge in [0.2, 0.25) is 0 Å². The third kappa shape index (κ3) is 4.23. The standard InChI is InChI=1S/C24H30O3/c1-17(2)20-13-15-24(3)14-7-10-19(16-25)22(24)23(20)27-21(26)12-11-18-8-5-4-6-9-18/h4-6,8-12,16-17,20,22-23H,7,13-15H2,1-3H3/t20-,22+,23+,24+/m0/s1. The van der Waals surface area contributed by atoms with Gasteiger partial charge in [-0.3, -0.25) is 4.79 Å². The van der Waals surface area contributed by atoms with Crippen molar-refractivity contribution in [1.82, 2.24) is 0 Å². The first-order valence-corrected chi connectivity index (χ1v) is 10.0. The molecule has 3 nitrogen and oxygen atoms in total. The molecule has 1 fully saturated rings. The molecule has 0 amide bonds. The Morgan fingerprint density at radius 3 is 2.63 bits per heavy atom. The summed E-state index contributed by atoms with van der Waals surface area (Å²) < 4.78 is 6.03. The third-order valence-electron chi connectivity index (χ3n) is 6.46. The number of fused-ring (bicyclic) bond motifs is 1. The van der Waals surface area contributed by atoms with Crippen LogP contribution in [-0.2, 0) is 14.3 Å². The molecular weight excluding hydrogens is 336 g/mol. The summed E-state index contributed by atoms with van der Waals surface area (Å²) in [4.78, 5) is 24.4. The highest BCUT2D eigenvalue weighted by Crippen LogP contribution is 2.54. The van der Waals surface area contributed by atoms with Gasteiger partial charge < -0.3 is 4.74 Å². The number of hydrogen-bond donors (Lipinski definition) is 0. The van der Waals surface area contributed by atoms with E-state index < -0.39 is 0 Å². The Morgan fingerprint density at radius 2 is 1.96 bits per heavy atom. The zero-order valence-corrected chi connectivity index (χ0v) is 16.6. The second-order valence-corrected chi connectivity index (χ2v) is 8.58. The van der Waals surface area contributed by atoms with Gasteiger partial charge in [-0.2, -0.15) is 0 Å². The average Bonchev–Trinajstić information content (AvgIpc) is 2.66. The minimum Gasteiger partial charge on any atom is -0.458 e. The summed E-state index contributed by atoms with van der Waals surface area (Å²) in [5.41, 5.74) is 1.82. The van der Waals surface area contributed by atoms with Gasteiger partial charge >= 0.3 is 5.97 Å². The Balaban J connectivity index is 1.84. The van der Waals surface area contributed by atoms with Crippen LogP contribution >= 0.6 is 0 Å². The topological polar surface area (TPSA) is 43.4 Å². The molecule has 3 rings (SSSR count). The lowest BCUT2D eigenvalue weighted by Gasteiger charge is -2.51. The van der Waals surface area contributed by atoms with E-state index in [2.05, 4.69) is 20.8 Å². The van der Waals surface area contributed by atoms with E-state index >= 15 is 0 Å². The summed E-state index contributed by atoms with van der Waals surface area (Å²) in [6, 6.07) is 9.73. The van der Waals surface area contributed by atoms with Crippen molar-refractivity contribution in [3.05, 3.63) is 53.6 Å². The van der Waals surface area contributed by atoms with Crippen LogP contribution in [-0.4, -0.2) is 18.4 Å². The van der Waals surface area contributed by atoms with Crippen LogP contribution in [0, 0.1) is 23.2 Å². The third-order valence-corrected chi connectivity index (χ3v) is 6.46. The molecule has 0 saturated heterocycles. The van der Waals surface area contributed by atoms with Crippen molar-refractivity contribution in [2.45, 2.75) is 52.6 Å². The van der Waals surface area contributed by atoms with Gasteiger partial charge in [0.1, 0.15) is 12.4 Å². The first kappa shape index (κ1) is 19.6. The molecule has 0 heterocycles. The summed E-state index contributed by atoms with van der Waals surface area (Å²) in [6.45, 7) is 6.62. The predicted molar refractivity (Wildman–Crippen MR) is 108 cm³/mol. The smallest absolute Gasteiger partial charge is 0.331 e. The summed E-state index contributed by atoms with van der Waals surface area (Å²) >= 11 is 0. The van der Waals surface area contributed by atoms with Crippen LogP contribution in [0.2, 0.25) is 0 Å². The van der Waals surface area contributed by atoms with Gasteiger partial charge in [-0.15, -0.1) is 0 Å². The molecule has 0 bridgehead atoms. The van der Waals surface area contributed by atoms with Crippen LogP contribution in [0.15, 0.2) is 48.1 Å². The van der Waals surface area contributed by atoms with Crippen LogP contribution in [0.3, 0.4) is 0 Å². The highest BCUT2D eigenvalue weighted by molar-refractivity contribution is 5.87. The van der Waals surface area contributed by atoms with Crippen molar-refractivity contribution < 1.29 is 14.3 Å². The summed E-state index contributed by atoms with van der Waals surface area (Å²) in [5, 5.41) is 0. The lowest BCUT2D eigenvalue weighted by molar-refractivity contribution is -0.159. The van der Waals surface area contributed by atoms with E-state index in [1.807, 2.05) is 36.4 Å². The minimum atomic E-state index is -0.324. The van der Waals surface area contributed by atoms with Crippen molar-refractivity contribution in [3.8, 4) is 0 Å². The van der Waals surface area contributed by atoms with Crippen molar-refractivity contribution in [3.63, 3.8) is 0 Å². The van der Waals surface area contributed by atoms with Gasteiger partial charge in [0.15, 0.2) is 0 Å². The molecule has 144 valence electrons. The number of allylic oxidation sites excluding steroid dienone is 1. The lowest BCUT2D eigenvalue weighted by atomic mass is 9.55. The summed E-state index contributed by atoms with van der Waals surface area (Å²) in [6.07, 6.45) is 10.2. The normalized spacial score (nSPS) is 30.7.